The van der Waals surface area contributed by atoms with E-state index in [9.17, 15) is 4.79 Å². The monoisotopic (exact) mass is 536 g/mol. The number of benzene rings is 1. The zero-order valence-corrected chi connectivity index (χ0v) is 25.8. The second-order valence-corrected chi connectivity index (χ2v) is 11.2. The molecule has 0 fully saturated rings. The fourth-order valence-electron chi connectivity index (χ4n) is 4.44. The van der Waals surface area contributed by atoms with Crippen LogP contribution in [0.5, 0.6) is 11.5 Å². The van der Waals surface area contributed by atoms with Crippen molar-refractivity contribution in [2.45, 2.75) is 100 Å². The van der Waals surface area contributed by atoms with E-state index < -0.39 is 0 Å². The minimum Gasteiger partial charge on any atom is -0.485 e. The van der Waals surface area contributed by atoms with E-state index >= 15 is 0 Å². The van der Waals surface area contributed by atoms with Crippen molar-refractivity contribution in [2.75, 3.05) is 25.1 Å². The standard InChI is InChI=1S/C34H52N2O3/c1-9-11-21-36-31-23-29(35-20-18-27(7)15-12-14-25(3)4)16-17-30(31)32(38-22-19-26(5)6)33(34(36)37)39-24-28(8)13-10-2/h14,16-19,23,28,35H,9-13,15,20-22,24H2,1-8H3. The Balaban J connectivity index is 2.47. The first-order valence-electron chi connectivity index (χ1n) is 14.8. The zero-order valence-electron chi connectivity index (χ0n) is 25.8. The van der Waals surface area contributed by atoms with Crippen LogP contribution in [0.2, 0.25) is 0 Å². The SMILES string of the molecule is CCCCn1c(=O)c(OCC(C)CCC)c(OCC=C(C)C)c2ccc(NCC=C(C)CCC=C(C)C)cc21. The van der Waals surface area contributed by atoms with Gasteiger partial charge in [-0.25, -0.2) is 0 Å². The molecule has 0 saturated heterocycles. The summed E-state index contributed by atoms with van der Waals surface area (Å²) in [5.41, 5.74) is 5.66. The van der Waals surface area contributed by atoms with Crippen LogP contribution in [-0.2, 0) is 6.54 Å². The number of nitrogens with zero attached hydrogens (tertiary/aromatic N) is 1. The summed E-state index contributed by atoms with van der Waals surface area (Å²) in [5, 5.41) is 4.43. The summed E-state index contributed by atoms with van der Waals surface area (Å²) >= 11 is 0. The lowest BCUT2D eigenvalue weighted by molar-refractivity contribution is 0.233. The van der Waals surface area contributed by atoms with Crippen LogP contribution in [0.15, 0.2) is 57.9 Å². The molecule has 0 aliphatic heterocycles. The number of anilines is 1. The molecule has 39 heavy (non-hydrogen) atoms. The van der Waals surface area contributed by atoms with Crippen LogP contribution in [0.1, 0.15) is 93.9 Å². The van der Waals surface area contributed by atoms with Crippen molar-refractivity contribution in [3.63, 3.8) is 0 Å². The molecular formula is C34H52N2O3. The molecule has 1 aromatic carbocycles. The van der Waals surface area contributed by atoms with Crippen LogP contribution < -0.4 is 20.3 Å². The van der Waals surface area contributed by atoms with Gasteiger partial charge in [0.25, 0.3) is 5.56 Å². The molecule has 0 aliphatic rings. The maximum Gasteiger partial charge on any atom is 0.297 e. The first kappa shape index (κ1) is 32.3. The van der Waals surface area contributed by atoms with E-state index in [2.05, 4.69) is 77.2 Å². The fraction of sp³-hybridized carbons (Fsp3) is 0.559. The number of hydrogen-bond donors (Lipinski definition) is 1. The van der Waals surface area contributed by atoms with Gasteiger partial charge in [0.1, 0.15) is 6.61 Å². The molecule has 0 spiro atoms. The van der Waals surface area contributed by atoms with Crippen molar-refractivity contribution < 1.29 is 9.47 Å². The lowest BCUT2D eigenvalue weighted by atomic mass is 10.1. The Bertz CT molecular complexity index is 1200. The van der Waals surface area contributed by atoms with Crippen molar-refractivity contribution >= 4 is 16.6 Å². The van der Waals surface area contributed by atoms with Crippen molar-refractivity contribution in [1.82, 2.24) is 4.57 Å². The molecule has 1 unspecified atom stereocenters. The van der Waals surface area contributed by atoms with Gasteiger partial charge < -0.3 is 19.4 Å². The maximum absolute atomic E-state index is 13.8. The Hall–Kier alpha value is -2.95. The topological polar surface area (TPSA) is 52.5 Å². The van der Waals surface area contributed by atoms with Gasteiger partial charge in [0, 0.05) is 24.2 Å². The van der Waals surface area contributed by atoms with Crippen LogP contribution in [0.4, 0.5) is 5.69 Å². The number of aromatic nitrogens is 1. The van der Waals surface area contributed by atoms with Crippen LogP contribution in [0.3, 0.4) is 0 Å². The number of unbranched alkanes of at least 4 members (excludes halogenated alkanes) is 1. The van der Waals surface area contributed by atoms with E-state index in [1.807, 2.05) is 24.5 Å². The quantitative estimate of drug-likeness (QED) is 0.205. The highest BCUT2D eigenvalue weighted by Gasteiger charge is 2.21. The van der Waals surface area contributed by atoms with Gasteiger partial charge in [-0.1, -0.05) is 62.5 Å². The second-order valence-electron chi connectivity index (χ2n) is 11.2. The van der Waals surface area contributed by atoms with Crippen molar-refractivity contribution in [2.24, 2.45) is 5.92 Å². The van der Waals surface area contributed by atoms with E-state index in [1.165, 1.54) is 16.7 Å². The number of allylic oxidation sites excluding steroid dienone is 4. The number of aryl methyl sites for hydroxylation is 1. The molecular weight excluding hydrogens is 484 g/mol. The third kappa shape index (κ3) is 10.6. The lowest BCUT2D eigenvalue weighted by Gasteiger charge is -2.20. The minimum atomic E-state index is -0.112. The Morgan fingerprint density at radius 2 is 1.72 bits per heavy atom. The molecule has 0 aliphatic carbocycles. The Kier molecular flexibility index (Phi) is 14.0. The average molecular weight is 537 g/mol. The van der Waals surface area contributed by atoms with Gasteiger partial charge in [0.15, 0.2) is 5.75 Å². The highest BCUT2D eigenvalue weighted by molar-refractivity contribution is 5.90. The first-order chi connectivity index (χ1) is 18.7. The van der Waals surface area contributed by atoms with Gasteiger partial charge in [-0.3, -0.25) is 4.79 Å². The van der Waals surface area contributed by atoms with E-state index in [4.69, 9.17) is 9.47 Å². The Labute approximate surface area is 237 Å². The molecule has 0 amide bonds. The third-order valence-corrected chi connectivity index (χ3v) is 6.77. The van der Waals surface area contributed by atoms with E-state index in [1.54, 1.807) is 0 Å². The van der Waals surface area contributed by atoms with Crippen molar-refractivity contribution in [3.05, 3.63) is 63.5 Å². The van der Waals surface area contributed by atoms with Crippen molar-refractivity contribution in [3.8, 4) is 11.5 Å². The number of fused-ring (bicyclic) bond motifs is 1. The van der Waals surface area contributed by atoms with Gasteiger partial charge in [-0.2, -0.15) is 0 Å². The number of hydrogen-bond acceptors (Lipinski definition) is 4. The fourth-order valence-corrected chi connectivity index (χ4v) is 4.44. The largest absolute Gasteiger partial charge is 0.485 e. The van der Waals surface area contributed by atoms with Crippen LogP contribution >= 0.6 is 0 Å². The first-order valence-corrected chi connectivity index (χ1v) is 14.8. The number of ether oxygens (including phenoxy) is 2. The summed E-state index contributed by atoms with van der Waals surface area (Å²) in [7, 11) is 0. The predicted octanol–water partition coefficient (Wildman–Crippen LogP) is 9.07. The van der Waals surface area contributed by atoms with Crippen molar-refractivity contribution in [1.29, 1.82) is 0 Å². The van der Waals surface area contributed by atoms with Gasteiger partial charge in [0.2, 0.25) is 5.75 Å². The molecule has 5 heteroatoms. The number of pyridine rings is 1. The highest BCUT2D eigenvalue weighted by atomic mass is 16.5. The van der Waals surface area contributed by atoms with E-state index in [-0.39, 0.29) is 5.56 Å². The smallest absolute Gasteiger partial charge is 0.297 e. The number of nitrogens with one attached hydrogen (secondary N) is 1. The number of rotatable bonds is 17. The molecule has 0 radical (unpaired) electrons. The highest BCUT2D eigenvalue weighted by Crippen LogP contribution is 2.35. The molecule has 0 saturated carbocycles. The van der Waals surface area contributed by atoms with Crippen LogP contribution in [0.25, 0.3) is 10.9 Å². The van der Waals surface area contributed by atoms with Crippen LogP contribution in [-0.4, -0.2) is 24.3 Å². The molecule has 5 nitrogen and oxygen atoms in total. The molecule has 1 atom stereocenters. The summed E-state index contributed by atoms with van der Waals surface area (Å²) in [6.07, 6.45) is 12.8. The van der Waals surface area contributed by atoms with Gasteiger partial charge in [0.05, 0.1) is 12.1 Å². The molecule has 216 valence electrons. The molecule has 1 N–H and O–H groups in total. The molecule has 2 rings (SSSR count). The van der Waals surface area contributed by atoms with Gasteiger partial charge in [-0.05, 0) is 90.5 Å². The molecule has 2 aromatic rings. The maximum atomic E-state index is 13.8. The lowest BCUT2D eigenvalue weighted by Crippen LogP contribution is -2.25. The molecule has 0 bridgehead atoms. The second kappa shape index (κ2) is 16.9. The third-order valence-electron chi connectivity index (χ3n) is 6.77. The van der Waals surface area contributed by atoms with Gasteiger partial charge in [-0.15, -0.1) is 0 Å². The molecule has 1 heterocycles. The Morgan fingerprint density at radius 1 is 0.974 bits per heavy atom. The van der Waals surface area contributed by atoms with E-state index in [0.29, 0.717) is 37.2 Å². The zero-order chi connectivity index (χ0) is 28.8. The predicted molar refractivity (Wildman–Crippen MR) is 169 cm³/mol. The Morgan fingerprint density at radius 3 is 2.38 bits per heavy atom. The van der Waals surface area contributed by atoms with Gasteiger partial charge >= 0.3 is 0 Å². The molecule has 1 aromatic heterocycles. The summed E-state index contributed by atoms with van der Waals surface area (Å²) in [5.74, 6) is 1.25. The summed E-state index contributed by atoms with van der Waals surface area (Å²) < 4.78 is 14.4. The van der Waals surface area contributed by atoms with Crippen LogP contribution in [0, 0.1) is 5.92 Å². The summed E-state index contributed by atoms with van der Waals surface area (Å²) in [4.78, 5) is 13.8. The van der Waals surface area contributed by atoms with E-state index in [0.717, 1.165) is 61.7 Å². The summed E-state index contributed by atoms with van der Waals surface area (Å²) in [6.45, 7) is 19.3. The normalized spacial score (nSPS) is 12.3. The summed E-state index contributed by atoms with van der Waals surface area (Å²) in [6, 6.07) is 6.21. The minimum absolute atomic E-state index is 0.112. The average Bonchev–Trinajstić information content (AvgIpc) is 2.87.